The molecule has 0 aliphatic carbocycles. The minimum Gasteiger partial charge on any atom is -0.292 e. The molecular weight excluding hydrogens is 90.1 g/mol. The molecule has 0 atom stereocenters. The monoisotopic (exact) mass is 99.1 g/mol. The van der Waals surface area contributed by atoms with Gasteiger partial charge in [-0.2, -0.15) is 5.11 Å². The molecule has 0 aromatic rings. The summed E-state index contributed by atoms with van der Waals surface area (Å²) in [6, 6.07) is 0. The molecule has 1 N–H and O–H groups in total. The molecule has 40 valence electrons. The van der Waals surface area contributed by atoms with Crippen LogP contribution in [0.3, 0.4) is 0 Å². The fourth-order valence-corrected chi connectivity index (χ4v) is 0.537. The van der Waals surface area contributed by atoms with Crippen LogP contribution < -0.4 is 5.43 Å². The molecule has 0 saturated carbocycles. The van der Waals surface area contributed by atoms with E-state index in [1.807, 2.05) is 0 Å². The van der Waals surface area contributed by atoms with Gasteiger partial charge < -0.3 is 0 Å². The van der Waals surface area contributed by atoms with Gasteiger partial charge in [0, 0.05) is 6.54 Å². The van der Waals surface area contributed by atoms with Crippen LogP contribution in [0.5, 0.6) is 0 Å². The van der Waals surface area contributed by atoms with E-state index in [-0.39, 0.29) is 0 Å². The second-order valence-electron chi connectivity index (χ2n) is 1.58. The van der Waals surface area contributed by atoms with E-state index < -0.39 is 0 Å². The minimum atomic E-state index is 0.896. The van der Waals surface area contributed by atoms with Crippen LogP contribution in [0, 0.1) is 0 Å². The van der Waals surface area contributed by atoms with Gasteiger partial charge in [0.2, 0.25) is 0 Å². The lowest BCUT2D eigenvalue weighted by molar-refractivity contribution is 0.690. The third-order valence-corrected chi connectivity index (χ3v) is 0.938. The molecule has 3 nitrogen and oxygen atoms in total. The highest BCUT2D eigenvalue weighted by Crippen LogP contribution is 1.91. The highest BCUT2D eigenvalue weighted by Gasteiger charge is 1.88. The molecule has 0 aromatic carbocycles. The zero-order valence-electron chi connectivity index (χ0n) is 4.22. The first-order valence-electron chi connectivity index (χ1n) is 2.59. The number of hydrogen-bond donors (Lipinski definition) is 1. The van der Waals surface area contributed by atoms with E-state index in [9.17, 15) is 0 Å². The molecule has 7 heavy (non-hydrogen) atoms. The molecular formula is C4H9N3. The van der Waals surface area contributed by atoms with E-state index in [1.165, 1.54) is 12.8 Å². The zero-order valence-corrected chi connectivity index (χ0v) is 4.22. The normalized spacial score (nSPS) is 20.6. The van der Waals surface area contributed by atoms with Crippen LogP contribution in [0.4, 0.5) is 0 Å². The number of nitrogens with zero attached hydrogens (tertiary/aromatic N) is 2. The Kier molecular flexibility index (Phi) is 1.66. The van der Waals surface area contributed by atoms with Crippen molar-refractivity contribution < 1.29 is 0 Å². The van der Waals surface area contributed by atoms with Gasteiger partial charge in [-0.1, -0.05) is 5.22 Å². The van der Waals surface area contributed by atoms with Gasteiger partial charge in [0.1, 0.15) is 0 Å². The Morgan fingerprint density at radius 1 is 1.29 bits per heavy atom. The molecule has 1 aliphatic heterocycles. The quantitative estimate of drug-likeness (QED) is 0.477. The Morgan fingerprint density at radius 2 is 2.29 bits per heavy atom. The van der Waals surface area contributed by atoms with Crippen molar-refractivity contribution in [2.75, 3.05) is 13.1 Å². The fourth-order valence-electron chi connectivity index (χ4n) is 0.537. The van der Waals surface area contributed by atoms with Crippen molar-refractivity contribution in [2.45, 2.75) is 12.8 Å². The summed E-state index contributed by atoms with van der Waals surface area (Å²) in [5, 5.41) is 7.43. The Balaban J connectivity index is 2.20. The lowest BCUT2D eigenvalue weighted by Gasteiger charge is -1.87. The van der Waals surface area contributed by atoms with E-state index in [0.29, 0.717) is 0 Å². The van der Waals surface area contributed by atoms with Crippen LogP contribution in [-0.2, 0) is 0 Å². The van der Waals surface area contributed by atoms with Crippen LogP contribution in [0.25, 0.3) is 0 Å². The number of hydrogen-bond acceptors (Lipinski definition) is 3. The van der Waals surface area contributed by atoms with Crippen molar-refractivity contribution in [3.05, 3.63) is 0 Å². The molecule has 3 heteroatoms. The van der Waals surface area contributed by atoms with Gasteiger partial charge >= 0.3 is 0 Å². The molecule has 1 rings (SSSR count). The highest BCUT2D eigenvalue weighted by atomic mass is 15.4. The summed E-state index contributed by atoms with van der Waals surface area (Å²) >= 11 is 0. The fraction of sp³-hybridized carbons (Fsp3) is 1.00. The predicted molar refractivity (Wildman–Crippen MR) is 27.0 cm³/mol. The van der Waals surface area contributed by atoms with E-state index in [4.69, 9.17) is 0 Å². The van der Waals surface area contributed by atoms with Gasteiger partial charge in [0.25, 0.3) is 0 Å². The summed E-state index contributed by atoms with van der Waals surface area (Å²) in [4.78, 5) is 0. The molecule has 0 spiro atoms. The summed E-state index contributed by atoms with van der Waals surface area (Å²) < 4.78 is 0. The van der Waals surface area contributed by atoms with E-state index in [1.54, 1.807) is 0 Å². The first-order valence-corrected chi connectivity index (χ1v) is 2.59. The Morgan fingerprint density at radius 3 is 3.29 bits per heavy atom. The third kappa shape index (κ3) is 1.52. The standard InChI is InChI=1S/C4H9N3/c1-2-4-6-7-5-3-1/h1-4H2,(H,5,6). The lowest BCUT2D eigenvalue weighted by atomic mass is 10.3. The maximum Gasteiger partial charge on any atom is 0.0620 e. The summed E-state index contributed by atoms with van der Waals surface area (Å²) in [7, 11) is 0. The summed E-state index contributed by atoms with van der Waals surface area (Å²) in [5.41, 5.74) is 2.81. The number of rotatable bonds is 0. The summed E-state index contributed by atoms with van der Waals surface area (Å²) in [6.45, 7) is 1.89. The van der Waals surface area contributed by atoms with Crippen molar-refractivity contribution in [1.82, 2.24) is 5.43 Å². The van der Waals surface area contributed by atoms with Gasteiger partial charge in [-0.25, -0.2) is 0 Å². The first kappa shape index (κ1) is 4.56. The third-order valence-electron chi connectivity index (χ3n) is 0.938. The van der Waals surface area contributed by atoms with Crippen molar-refractivity contribution in [1.29, 1.82) is 0 Å². The van der Waals surface area contributed by atoms with Crippen LogP contribution in [0.15, 0.2) is 10.3 Å². The van der Waals surface area contributed by atoms with E-state index in [0.717, 1.165) is 13.1 Å². The largest absolute Gasteiger partial charge is 0.292 e. The second-order valence-corrected chi connectivity index (χ2v) is 1.58. The summed E-state index contributed by atoms with van der Waals surface area (Å²) in [5.74, 6) is 0. The van der Waals surface area contributed by atoms with Crippen molar-refractivity contribution in [3.8, 4) is 0 Å². The molecule has 1 aliphatic rings. The molecule has 0 bridgehead atoms. The molecule has 0 fully saturated rings. The zero-order chi connectivity index (χ0) is 4.95. The smallest absolute Gasteiger partial charge is 0.0620 e. The highest BCUT2D eigenvalue weighted by molar-refractivity contribution is 4.48. The van der Waals surface area contributed by atoms with E-state index in [2.05, 4.69) is 15.8 Å². The van der Waals surface area contributed by atoms with Crippen molar-refractivity contribution in [3.63, 3.8) is 0 Å². The van der Waals surface area contributed by atoms with Crippen LogP contribution in [-0.4, -0.2) is 13.1 Å². The maximum atomic E-state index is 3.78. The summed E-state index contributed by atoms with van der Waals surface area (Å²) in [6.07, 6.45) is 2.38. The van der Waals surface area contributed by atoms with Crippen molar-refractivity contribution in [2.24, 2.45) is 10.3 Å². The second kappa shape index (κ2) is 2.55. The van der Waals surface area contributed by atoms with Crippen LogP contribution in [0.1, 0.15) is 12.8 Å². The SMILES string of the molecule is C1CCNN=NC1. The van der Waals surface area contributed by atoms with Crippen LogP contribution in [0.2, 0.25) is 0 Å². The molecule has 0 aromatic heterocycles. The average molecular weight is 99.1 g/mol. The minimum absolute atomic E-state index is 0.896. The Hall–Kier alpha value is -0.600. The topological polar surface area (TPSA) is 36.8 Å². The van der Waals surface area contributed by atoms with Gasteiger partial charge in [0.15, 0.2) is 0 Å². The predicted octanol–water partition coefficient (Wildman–Crippen LogP) is 0.737. The van der Waals surface area contributed by atoms with Crippen LogP contribution >= 0.6 is 0 Å². The molecule has 0 amide bonds. The average Bonchev–Trinajstić information content (AvgIpc) is 1.90. The Labute approximate surface area is 42.8 Å². The van der Waals surface area contributed by atoms with Gasteiger partial charge in [-0.15, -0.1) is 0 Å². The lowest BCUT2D eigenvalue weighted by Crippen LogP contribution is -2.03. The molecule has 0 unspecified atom stereocenters. The number of nitrogens with one attached hydrogen (secondary N) is 1. The first-order chi connectivity index (χ1) is 3.50. The van der Waals surface area contributed by atoms with E-state index >= 15 is 0 Å². The van der Waals surface area contributed by atoms with Gasteiger partial charge in [-0.05, 0) is 12.8 Å². The molecule has 0 radical (unpaired) electrons. The van der Waals surface area contributed by atoms with Crippen molar-refractivity contribution >= 4 is 0 Å². The van der Waals surface area contributed by atoms with Gasteiger partial charge in [-0.3, -0.25) is 5.43 Å². The molecule has 1 heterocycles. The Bertz CT molecular complexity index is 61.3. The van der Waals surface area contributed by atoms with Gasteiger partial charge in [0.05, 0.1) is 6.54 Å². The molecule has 0 saturated heterocycles. The maximum absolute atomic E-state index is 3.78.